The maximum absolute atomic E-state index is 5.82. The molecule has 1 aromatic carbocycles. The maximum Gasteiger partial charge on any atom is 0.106 e. The first-order valence-corrected chi connectivity index (χ1v) is 7.30. The molecule has 2 N–H and O–H groups in total. The van der Waals surface area contributed by atoms with Gasteiger partial charge in [-0.05, 0) is 44.0 Å². The van der Waals surface area contributed by atoms with Crippen LogP contribution in [0.3, 0.4) is 0 Å². The van der Waals surface area contributed by atoms with Crippen molar-refractivity contribution in [3.05, 3.63) is 45.2 Å². The molecule has 19 heavy (non-hydrogen) atoms. The van der Waals surface area contributed by atoms with E-state index in [0.29, 0.717) is 4.99 Å². The molecule has 0 amide bonds. The number of hydrogen-bond donors (Lipinski definition) is 1. The predicted molar refractivity (Wildman–Crippen MR) is 86.0 cm³/mol. The first-order chi connectivity index (χ1) is 8.95. The third-order valence-electron chi connectivity index (χ3n) is 3.25. The topological polar surface area (TPSA) is 43.8 Å². The van der Waals surface area contributed by atoms with Crippen LogP contribution >= 0.6 is 28.1 Å². The van der Waals surface area contributed by atoms with Gasteiger partial charge in [-0.25, -0.2) is 4.68 Å². The van der Waals surface area contributed by atoms with Crippen molar-refractivity contribution in [1.29, 1.82) is 0 Å². The van der Waals surface area contributed by atoms with E-state index in [4.69, 9.17) is 18.0 Å². The lowest BCUT2D eigenvalue weighted by atomic mass is 10.1. The SMILES string of the molecule is CCc1c(C)nn(-c2ccc(Br)cc2C(N)=S)c1C. The zero-order valence-electron chi connectivity index (χ0n) is 11.2. The van der Waals surface area contributed by atoms with Gasteiger partial charge in [0.25, 0.3) is 0 Å². The average Bonchev–Trinajstić information content (AvgIpc) is 2.64. The molecule has 5 heteroatoms. The van der Waals surface area contributed by atoms with Gasteiger partial charge in [-0.15, -0.1) is 0 Å². The summed E-state index contributed by atoms with van der Waals surface area (Å²) in [5.41, 5.74) is 11.0. The molecular weight excluding hydrogens is 322 g/mol. The molecule has 2 rings (SSSR count). The van der Waals surface area contributed by atoms with Crippen molar-refractivity contribution in [2.45, 2.75) is 27.2 Å². The zero-order valence-corrected chi connectivity index (χ0v) is 13.6. The van der Waals surface area contributed by atoms with Gasteiger partial charge in [0.15, 0.2) is 0 Å². The highest BCUT2D eigenvalue weighted by molar-refractivity contribution is 9.10. The lowest BCUT2D eigenvalue weighted by Crippen LogP contribution is -2.14. The van der Waals surface area contributed by atoms with Crippen LogP contribution in [-0.4, -0.2) is 14.8 Å². The summed E-state index contributed by atoms with van der Waals surface area (Å²) in [6, 6.07) is 5.89. The number of hydrogen-bond acceptors (Lipinski definition) is 2. The van der Waals surface area contributed by atoms with Gasteiger partial charge in [-0.3, -0.25) is 0 Å². The Morgan fingerprint density at radius 1 is 1.42 bits per heavy atom. The van der Waals surface area contributed by atoms with Crippen molar-refractivity contribution < 1.29 is 0 Å². The van der Waals surface area contributed by atoms with E-state index in [1.54, 1.807) is 0 Å². The Labute approximate surface area is 126 Å². The Balaban J connectivity index is 2.69. The van der Waals surface area contributed by atoms with E-state index in [0.717, 1.165) is 33.5 Å². The Hall–Kier alpha value is -1.20. The standard InChI is InChI=1S/C14H16BrN3S/c1-4-11-8(2)17-18(9(11)3)13-6-5-10(15)7-12(13)14(16)19/h5-7H,4H2,1-3H3,(H2,16,19). The third kappa shape index (κ3) is 2.58. The van der Waals surface area contributed by atoms with Crippen LogP contribution in [0.25, 0.3) is 5.69 Å². The highest BCUT2D eigenvalue weighted by Gasteiger charge is 2.15. The number of halogens is 1. The van der Waals surface area contributed by atoms with Crippen LogP contribution in [0.2, 0.25) is 0 Å². The molecule has 100 valence electrons. The van der Waals surface area contributed by atoms with E-state index in [9.17, 15) is 0 Å². The van der Waals surface area contributed by atoms with Gasteiger partial charge in [-0.2, -0.15) is 5.10 Å². The number of benzene rings is 1. The van der Waals surface area contributed by atoms with Crippen molar-refractivity contribution in [3.63, 3.8) is 0 Å². The molecule has 1 aromatic heterocycles. The van der Waals surface area contributed by atoms with Gasteiger partial charge in [-0.1, -0.05) is 35.1 Å². The van der Waals surface area contributed by atoms with Crippen LogP contribution in [0.15, 0.2) is 22.7 Å². The van der Waals surface area contributed by atoms with E-state index < -0.39 is 0 Å². The van der Waals surface area contributed by atoms with Gasteiger partial charge in [0, 0.05) is 15.7 Å². The van der Waals surface area contributed by atoms with E-state index >= 15 is 0 Å². The highest BCUT2D eigenvalue weighted by Crippen LogP contribution is 2.24. The number of rotatable bonds is 3. The summed E-state index contributed by atoms with van der Waals surface area (Å²) in [5.74, 6) is 0. The number of nitrogens with zero attached hydrogens (tertiary/aromatic N) is 2. The van der Waals surface area contributed by atoms with Gasteiger partial charge in [0.1, 0.15) is 4.99 Å². The lowest BCUT2D eigenvalue weighted by Gasteiger charge is -2.11. The van der Waals surface area contributed by atoms with E-state index in [1.807, 2.05) is 29.8 Å². The van der Waals surface area contributed by atoms with Gasteiger partial charge in [0.2, 0.25) is 0 Å². The molecule has 0 unspecified atom stereocenters. The summed E-state index contributed by atoms with van der Waals surface area (Å²) < 4.78 is 2.88. The van der Waals surface area contributed by atoms with Crippen molar-refractivity contribution in [2.24, 2.45) is 5.73 Å². The average molecular weight is 338 g/mol. The molecule has 3 nitrogen and oxygen atoms in total. The number of aryl methyl sites for hydroxylation is 1. The van der Waals surface area contributed by atoms with Gasteiger partial charge < -0.3 is 5.73 Å². The second-order valence-corrected chi connectivity index (χ2v) is 5.80. The maximum atomic E-state index is 5.82. The fourth-order valence-electron chi connectivity index (χ4n) is 2.31. The van der Waals surface area contributed by atoms with Crippen LogP contribution in [-0.2, 0) is 6.42 Å². The van der Waals surface area contributed by atoms with Crippen LogP contribution < -0.4 is 5.73 Å². The molecule has 0 aliphatic heterocycles. The molecular formula is C14H16BrN3S. The third-order valence-corrected chi connectivity index (χ3v) is 3.96. The summed E-state index contributed by atoms with van der Waals surface area (Å²) in [6.45, 7) is 6.24. The largest absolute Gasteiger partial charge is 0.389 e. The fourth-order valence-corrected chi connectivity index (χ4v) is 2.84. The van der Waals surface area contributed by atoms with Crippen molar-refractivity contribution >= 4 is 33.1 Å². The predicted octanol–water partition coefficient (Wildman–Crippen LogP) is 3.45. The smallest absolute Gasteiger partial charge is 0.106 e. The summed E-state index contributed by atoms with van der Waals surface area (Å²) >= 11 is 8.58. The Morgan fingerprint density at radius 3 is 2.63 bits per heavy atom. The molecule has 2 aromatic rings. The first kappa shape index (κ1) is 14.2. The van der Waals surface area contributed by atoms with Crippen LogP contribution in [0.5, 0.6) is 0 Å². The molecule has 0 atom stereocenters. The minimum atomic E-state index is 0.377. The Kier molecular flexibility index (Phi) is 4.06. The normalized spacial score (nSPS) is 10.7. The monoisotopic (exact) mass is 337 g/mol. The van der Waals surface area contributed by atoms with Gasteiger partial charge in [0.05, 0.1) is 11.4 Å². The first-order valence-electron chi connectivity index (χ1n) is 6.10. The number of thiocarbonyl (C=S) groups is 1. The van der Waals surface area contributed by atoms with E-state index in [1.165, 1.54) is 5.56 Å². The second kappa shape index (κ2) is 5.43. The van der Waals surface area contributed by atoms with Crippen molar-refractivity contribution in [1.82, 2.24) is 9.78 Å². The Morgan fingerprint density at radius 2 is 2.11 bits per heavy atom. The molecule has 0 aliphatic carbocycles. The molecule has 0 aliphatic rings. The molecule has 1 heterocycles. The zero-order chi connectivity index (χ0) is 14.2. The Bertz CT molecular complexity index is 646. The quantitative estimate of drug-likeness (QED) is 0.872. The second-order valence-electron chi connectivity index (χ2n) is 4.44. The number of aromatic nitrogens is 2. The summed E-state index contributed by atoms with van der Waals surface area (Å²) in [4.78, 5) is 0.377. The lowest BCUT2D eigenvalue weighted by molar-refractivity contribution is 0.831. The molecule has 0 saturated carbocycles. The van der Waals surface area contributed by atoms with Crippen molar-refractivity contribution in [2.75, 3.05) is 0 Å². The molecule has 0 saturated heterocycles. The summed E-state index contributed by atoms with van der Waals surface area (Å²) in [5, 5.41) is 4.61. The van der Waals surface area contributed by atoms with E-state index in [2.05, 4.69) is 34.9 Å². The van der Waals surface area contributed by atoms with Gasteiger partial charge >= 0.3 is 0 Å². The van der Waals surface area contributed by atoms with E-state index in [-0.39, 0.29) is 0 Å². The highest BCUT2D eigenvalue weighted by atomic mass is 79.9. The number of nitrogens with two attached hydrogens (primary N) is 1. The van der Waals surface area contributed by atoms with Crippen LogP contribution in [0, 0.1) is 13.8 Å². The fraction of sp³-hybridized carbons (Fsp3) is 0.286. The minimum Gasteiger partial charge on any atom is -0.389 e. The van der Waals surface area contributed by atoms with Crippen LogP contribution in [0.1, 0.15) is 29.4 Å². The minimum absolute atomic E-state index is 0.377. The molecule has 0 fully saturated rings. The van der Waals surface area contributed by atoms with Crippen LogP contribution in [0.4, 0.5) is 0 Å². The summed E-state index contributed by atoms with van der Waals surface area (Å²) in [7, 11) is 0. The summed E-state index contributed by atoms with van der Waals surface area (Å²) in [6.07, 6.45) is 0.969. The molecule has 0 radical (unpaired) electrons. The molecule has 0 spiro atoms. The molecule has 0 bridgehead atoms. The van der Waals surface area contributed by atoms with Crippen molar-refractivity contribution in [3.8, 4) is 5.69 Å².